The van der Waals surface area contributed by atoms with Crippen molar-refractivity contribution in [2.45, 2.75) is 71.1 Å². The molecule has 43 heavy (non-hydrogen) atoms. The Labute approximate surface area is 248 Å². The number of carboxylic acids is 1. The molecule has 1 saturated heterocycles. The zero-order valence-corrected chi connectivity index (χ0v) is 25.3. The van der Waals surface area contributed by atoms with Gasteiger partial charge in [-0.05, 0) is 65.0 Å². The number of carbonyl (C=O) groups is 3. The fraction of sp³-hybridized carbons (Fsp3) is 0.533. The molecule has 2 amide bonds. The van der Waals surface area contributed by atoms with Crippen LogP contribution >= 0.6 is 0 Å². The van der Waals surface area contributed by atoms with Crippen molar-refractivity contribution in [1.29, 1.82) is 0 Å². The predicted molar refractivity (Wildman–Crippen MR) is 156 cm³/mol. The number of fused-ring (bicyclic) bond motifs is 1. The number of hydrogen-bond acceptors (Lipinski definition) is 7. The number of carbonyl (C=O) groups excluding carboxylic acids is 2. The van der Waals surface area contributed by atoms with Crippen molar-refractivity contribution in [3.63, 3.8) is 0 Å². The van der Waals surface area contributed by atoms with Gasteiger partial charge in [0.15, 0.2) is 11.6 Å². The molecule has 13 heteroatoms. The second-order valence-corrected chi connectivity index (χ2v) is 12.0. The quantitative estimate of drug-likeness (QED) is 0.454. The third-order valence-corrected chi connectivity index (χ3v) is 7.62. The monoisotopic (exact) mass is 604 g/mol. The van der Waals surface area contributed by atoms with Crippen LogP contribution in [0.15, 0.2) is 28.5 Å². The molecule has 2 heterocycles. The molecule has 2 aliphatic rings. The van der Waals surface area contributed by atoms with Crippen molar-refractivity contribution < 1.29 is 37.7 Å². The van der Waals surface area contributed by atoms with Crippen LogP contribution < -0.4 is 20.4 Å². The fourth-order valence-electron chi connectivity index (χ4n) is 5.11. The first kappa shape index (κ1) is 31.8. The number of pyridine rings is 1. The second kappa shape index (κ2) is 12.2. The summed E-state index contributed by atoms with van der Waals surface area (Å²) in [7, 11) is 2.76. The lowest BCUT2D eigenvalue weighted by Gasteiger charge is -2.33. The smallest absolute Gasteiger partial charge is 0.410 e. The maximum atomic E-state index is 15.7. The van der Waals surface area contributed by atoms with Crippen LogP contribution in [0, 0.1) is 5.82 Å². The van der Waals surface area contributed by atoms with Crippen molar-refractivity contribution in [2.75, 3.05) is 38.7 Å². The number of aromatic carboxylic acids is 1. The van der Waals surface area contributed by atoms with Gasteiger partial charge in [0.1, 0.15) is 28.7 Å². The minimum Gasteiger partial charge on any atom is -0.492 e. The first-order valence-electron chi connectivity index (χ1n) is 14.2. The minimum absolute atomic E-state index is 0.00866. The topological polar surface area (TPSA) is 130 Å². The summed E-state index contributed by atoms with van der Waals surface area (Å²) in [5, 5.41) is 12.0. The van der Waals surface area contributed by atoms with Crippen LogP contribution in [0.1, 0.15) is 69.8 Å². The van der Waals surface area contributed by atoms with E-state index >= 15 is 8.78 Å². The van der Waals surface area contributed by atoms with E-state index in [0.29, 0.717) is 30.5 Å². The van der Waals surface area contributed by atoms with Gasteiger partial charge in [-0.2, -0.15) is 0 Å². The van der Waals surface area contributed by atoms with E-state index in [1.54, 1.807) is 30.2 Å². The molecule has 1 aromatic carbocycles. The number of piperidine rings is 1. The predicted octanol–water partition coefficient (Wildman–Crippen LogP) is 4.38. The Bertz CT molecular complexity index is 1540. The van der Waals surface area contributed by atoms with Gasteiger partial charge in [-0.25, -0.2) is 18.4 Å². The van der Waals surface area contributed by atoms with Gasteiger partial charge in [0.25, 0.3) is 0 Å². The summed E-state index contributed by atoms with van der Waals surface area (Å²) in [6.45, 7) is 6.60. The number of methoxy groups -OCH3 is 1. The van der Waals surface area contributed by atoms with Crippen molar-refractivity contribution in [2.24, 2.45) is 0 Å². The largest absolute Gasteiger partial charge is 0.492 e. The average Bonchev–Trinajstić information content (AvgIpc) is 3.79. The van der Waals surface area contributed by atoms with Crippen LogP contribution in [-0.4, -0.2) is 78.0 Å². The Morgan fingerprint density at radius 1 is 1.26 bits per heavy atom. The highest BCUT2D eigenvalue weighted by Crippen LogP contribution is 2.44. The lowest BCUT2D eigenvalue weighted by atomic mass is 10.0. The summed E-state index contributed by atoms with van der Waals surface area (Å²) in [5.41, 5.74) is -1.29. The Kier molecular flexibility index (Phi) is 9.02. The number of rotatable bonds is 8. The Hall–Kier alpha value is -4.16. The molecule has 11 nitrogen and oxygen atoms in total. The number of benzene rings is 1. The summed E-state index contributed by atoms with van der Waals surface area (Å²) in [5.74, 6) is -3.27. The number of amides is 2. The van der Waals surface area contributed by atoms with Crippen molar-refractivity contribution in [1.82, 2.24) is 14.8 Å². The summed E-state index contributed by atoms with van der Waals surface area (Å²) in [4.78, 5) is 52.4. The molecular formula is C30H38F2N4O7. The number of carboxylic acid groups (broad SMARTS) is 1. The normalized spacial score (nSPS) is 17.3. The van der Waals surface area contributed by atoms with Crippen LogP contribution in [0.4, 0.5) is 19.3 Å². The van der Waals surface area contributed by atoms with Crippen molar-refractivity contribution in [3.05, 3.63) is 45.3 Å². The molecule has 1 unspecified atom stereocenters. The van der Waals surface area contributed by atoms with Crippen LogP contribution in [0.3, 0.4) is 0 Å². The molecule has 4 rings (SSSR count). The van der Waals surface area contributed by atoms with Gasteiger partial charge in [-0.15, -0.1) is 0 Å². The van der Waals surface area contributed by atoms with Gasteiger partial charge in [0.2, 0.25) is 11.3 Å². The third kappa shape index (κ3) is 6.75. The van der Waals surface area contributed by atoms with E-state index in [9.17, 15) is 24.3 Å². The SMILES string of the molecule is COc1c(N2CCCC(=C(F)CNC(=O)C(C)N(C)C(=O)OC(C)(C)C)C2)c(F)cc2c(=O)c(C(=O)O)cn(C3CC3)c12. The zero-order chi connectivity index (χ0) is 31.8. The molecule has 0 bridgehead atoms. The number of ether oxygens (including phenoxy) is 2. The molecule has 0 radical (unpaired) electrons. The highest BCUT2D eigenvalue weighted by atomic mass is 19.1. The highest BCUT2D eigenvalue weighted by Gasteiger charge is 2.33. The molecule has 2 N–H and O–H groups in total. The standard InChI is InChI=1S/C30H38F2N4O7/c1-16(34(5)29(41)43-30(2,3)4)27(38)33-13-22(32)17-8-7-11-35(14-17)24-21(31)12-19-23(26(24)42-6)36(18-9-10-18)15-20(25(19)37)28(39)40/h12,15-16,18H,7-11,13-14H2,1-6H3,(H,33,38)(H,39,40). The van der Waals surface area contributed by atoms with E-state index in [-0.39, 0.29) is 29.4 Å². The molecule has 1 aliphatic carbocycles. The van der Waals surface area contributed by atoms with E-state index in [2.05, 4.69) is 5.32 Å². The minimum atomic E-state index is -1.40. The molecule has 234 valence electrons. The van der Waals surface area contributed by atoms with E-state index in [1.807, 2.05) is 0 Å². The first-order valence-corrected chi connectivity index (χ1v) is 14.2. The summed E-state index contributed by atoms with van der Waals surface area (Å²) >= 11 is 0. The van der Waals surface area contributed by atoms with E-state index in [4.69, 9.17) is 9.47 Å². The number of likely N-dealkylation sites (N-methyl/N-ethyl adjacent to an activating group) is 1. The molecule has 1 aliphatic heterocycles. The molecule has 1 atom stereocenters. The van der Waals surface area contributed by atoms with Crippen molar-refractivity contribution in [3.8, 4) is 5.75 Å². The van der Waals surface area contributed by atoms with Gasteiger partial charge in [-0.1, -0.05) is 0 Å². The van der Waals surface area contributed by atoms with Crippen LogP contribution in [0.5, 0.6) is 5.75 Å². The maximum absolute atomic E-state index is 15.7. The molecule has 2 aromatic rings. The van der Waals surface area contributed by atoms with E-state index in [1.165, 1.54) is 27.3 Å². The Balaban J connectivity index is 1.59. The summed E-state index contributed by atoms with van der Waals surface area (Å²) in [6.07, 6.45) is 3.01. The maximum Gasteiger partial charge on any atom is 0.410 e. The Morgan fingerprint density at radius 2 is 1.93 bits per heavy atom. The number of nitrogens with one attached hydrogen (secondary N) is 1. The number of hydrogen-bond donors (Lipinski definition) is 2. The van der Waals surface area contributed by atoms with E-state index in [0.717, 1.165) is 23.8 Å². The van der Waals surface area contributed by atoms with Gasteiger partial charge in [-0.3, -0.25) is 14.5 Å². The lowest BCUT2D eigenvalue weighted by molar-refractivity contribution is -0.125. The van der Waals surface area contributed by atoms with Gasteiger partial charge in [0.05, 0.1) is 24.6 Å². The zero-order valence-electron chi connectivity index (χ0n) is 25.3. The molecule has 0 spiro atoms. The fourth-order valence-corrected chi connectivity index (χ4v) is 5.11. The average molecular weight is 605 g/mol. The lowest BCUT2D eigenvalue weighted by Crippen LogP contribution is -2.47. The van der Waals surface area contributed by atoms with Crippen LogP contribution in [0.25, 0.3) is 10.9 Å². The number of halogens is 2. The summed E-state index contributed by atoms with van der Waals surface area (Å²) < 4.78 is 43.7. The Morgan fingerprint density at radius 3 is 2.51 bits per heavy atom. The first-order chi connectivity index (χ1) is 20.1. The molecule has 2 fully saturated rings. The molecular weight excluding hydrogens is 566 g/mol. The third-order valence-electron chi connectivity index (χ3n) is 7.62. The van der Waals surface area contributed by atoms with Gasteiger partial charge < -0.3 is 29.4 Å². The number of anilines is 1. The van der Waals surface area contributed by atoms with Gasteiger partial charge in [0, 0.05) is 32.4 Å². The highest BCUT2D eigenvalue weighted by molar-refractivity contribution is 5.97. The number of nitrogens with zero attached hydrogens (tertiary/aromatic N) is 3. The molecule has 1 saturated carbocycles. The molecule has 1 aromatic heterocycles. The summed E-state index contributed by atoms with van der Waals surface area (Å²) in [6, 6.07) is 0.0537. The second-order valence-electron chi connectivity index (χ2n) is 12.0. The van der Waals surface area contributed by atoms with Crippen LogP contribution in [-0.2, 0) is 9.53 Å². The van der Waals surface area contributed by atoms with Crippen LogP contribution in [0.2, 0.25) is 0 Å². The number of aromatic nitrogens is 1. The van der Waals surface area contributed by atoms with Gasteiger partial charge >= 0.3 is 12.1 Å². The van der Waals surface area contributed by atoms with E-state index < -0.39 is 58.8 Å². The van der Waals surface area contributed by atoms with Crippen molar-refractivity contribution >= 4 is 34.6 Å².